The summed E-state index contributed by atoms with van der Waals surface area (Å²) in [5, 5.41) is 6.19. The number of carbonyl (C=O) groups is 2. The molecule has 0 aromatic heterocycles. The third-order valence-corrected chi connectivity index (χ3v) is 5.17. The number of hydrogen-bond acceptors (Lipinski definition) is 3. The fraction of sp³-hybridized carbons (Fsp3) is 0.579. The van der Waals surface area contributed by atoms with Crippen molar-refractivity contribution in [2.24, 2.45) is 5.92 Å². The maximum Gasteiger partial charge on any atom is 0.256 e. The maximum atomic E-state index is 14.2. The lowest BCUT2D eigenvalue weighted by molar-refractivity contribution is -0.123. The molecule has 0 bridgehead atoms. The third-order valence-electron chi connectivity index (χ3n) is 5.17. The highest BCUT2D eigenvalue weighted by Crippen LogP contribution is 2.20. The van der Waals surface area contributed by atoms with Crippen LogP contribution in [0.3, 0.4) is 0 Å². The number of amides is 2. The van der Waals surface area contributed by atoms with E-state index in [1.807, 2.05) is 0 Å². The Morgan fingerprint density at radius 3 is 2.92 bits per heavy atom. The molecular weight excluding hydrogens is 321 g/mol. The van der Waals surface area contributed by atoms with Gasteiger partial charge >= 0.3 is 0 Å². The summed E-state index contributed by atoms with van der Waals surface area (Å²) < 4.78 is 14.2. The molecule has 2 heterocycles. The molecule has 1 aromatic rings. The number of aryl methyl sites for hydroxylation is 1. The summed E-state index contributed by atoms with van der Waals surface area (Å²) in [6.07, 6.45) is 3.76. The standard InChI is InChI=1S/C19H26FN3O2/c1-13-5-2-7-15(17(13)20)19(25)23-10-4-6-14(12-23)11-22-18(24)16-8-3-9-21-16/h2,5,7,14,16,21H,3-4,6,8-12H2,1H3,(H,22,24)/t14-,16+/m1/s1. The summed E-state index contributed by atoms with van der Waals surface area (Å²) in [5.74, 6) is -0.425. The van der Waals surface area contributed by atoms with E-state index in [2.05, 4.69) is 10.6 Å². The molecule has 25 heavy (non-hydrogen) atoms. The molecule has 2 aliphatic heterocycles. The van der Waals surface area contributed by atoms with Gasteiger partial charge in [-0.15, -0.1) is 0 Å². The number of halogens is 1. The van der Waals surface area contributed by atoms with Gasteiger partial charge in [0, 0.05) is 19.6 Å². The SMILES string of the molecule is Cc1cccc(C(=O)N2CCC[C@H](CNC(=O)[C@@H]3CCCN3)C2)c1F. The Morgan fingerprint density at radius 2 is 2.16 bits per heavy atom. The molecule has 2 aliphatic rings. The van der Waals surface area contributed by atoms with Gasteiger partial charge in [0.1, 0.15) is 5.82 Å². The summed E-state index contributed by atoms with van der Waals surface area (Å²) in [4.78, 5) is 26.5. The largest absolute Gasteiger partial charge is 0.354 e. The van der Waals surface area contributed by atoms with E-state index in [1.54, 1.807) is 30.0 Å². The predicted molar refractivity (Wildman–Crippen MR) is 93.8 cm³/mol. The van der Waals surface area contributed by atoms with Gasteiger partial charge in [-0.1, -0.05) is 12.1 Å². The van der Waals surface area contributed by atoms with Crippen LogP contribution in [-0.2, 0) is 4.79 Å². The first kappa shape index (κ1) is 17.9. The van der Waals surface area contributed by atoms with Crippen LogP contribution in [0.5, 0.6) is 0 Å². The number of hydrogen-bond donors (Lipinski definition) is 2. The van der Waals surface area contributed by atoms with Crippen molar-refractivity contribution in [3.63, 3.8) is 0 Å². The minimum Gasteiger partial charge on any atom is -0.354 e. The van der Waals surface area contributed by atoms with Crippen molar-refractivity contribution in [2.75, 3.05) is 26.2 Å². The lowest BCUT2D eigenvalue weighted by Gasteiger charge is -2.33. The number of rotatable bonds is 4. The second-order valence-electron chi connectivity index (χ2n) is 7.09. The van der Waals surface area contributed by atoms with Crippen LogP contribution in [0, 0.1) is 18.7 Å². The van der Waals surface area contributed by atoms with Crippen LogP contribution in [-0.4, -0.2) is 48.9 Å². The average Bonchev–Trinajstić information content (AvgIpc) is 3.16. The van der Waals surface area contributed by atoms with E-state index in [0.717, 1.165) is 32.2 Å². The van der Waals surface area contributed by atoms with E-state index < -0.39 is 5.82 Å². The molecule has 6 heteroatoms. The fourth-order valence-corrected chi connectivity index (χ4v) is 3.68. The van der Waals surface area contributed by atoms with Gasteiger partial charge in [0.05, 0.1) is 11.6 Å². The quantitative estimate of drug-likeness (QED) is 0.874. The van der Waals surface area contributed by atoms with Gasteiger partial charge in [0.15, 0.2) is 0 Å². The van der Waals surface area contributed by atoms with Crippen LogP contribution < -0.4 is 10.6 Å². The predicted octanol–water partition coefficient (Wildman–Crippen LogP) is 1.85. The van der Waals surface area contributed by atoms with Crippen molar-refractivity contribution in [1.29, 1.82) is 0 Å². The summed E-state index contributed by atoms with van der Waals surface area (Å²) in [7, 11) is 0. The Morgan fingerprint density at radius 1 is 1.32 bits per heavy atom. The second kappa shape index (κ2) is 7.95. The zero-order chi connectivity index (χ0) is 17.8. The minimum atomic E-state index is -0.435. The number of piperidine rings is 1. The monoisotopic (exact) mass is 347 g/mol. The molecular formula is C19H26FN3O2. The Hall–Kier alpha value is -1.95. The van der Waals surface area contributed by atoms with E-state index in [4.69, 9.17) is 0 Å². The Labute approximate surface area is 148 Å². The first-order chi connectivity index (χ1) is 12.1. The first-order valence-corrected chi connectivity index (χ1v) is 9.11. The average molecular weight is 347 g/mol. The minimum absolute atomic E-state index is 0.0469. The molecule has 136 valence electrons. The van der Waals surface area contributed by atoms with Crippen molar-refractivity contribution in [2.45, 2.75) is 38.6 Å². The maximum absolute atomic E-state index is 14.2. The highest BCUT2D eigenvalue weighted by molar-refractivity contribution is 5.94. The molecule has 2 amide bonds. The molecule has 0 unspecified atom stereocenters. The first-order valence-electron chi connectivity index (χ1n) is 9.11. The number of benzene rings is 1. The topological polar surface area (TPSA) is 61.4 Å². The smallest absolute Gasteiger partial charge is 0.256 e. The van der Waals surface area contributed by atoms with Crippen LogP contribution in [0.25, 0.3) is 0 Å². The number of nitrogens with one attached hydrogen (secondary N) is 2. The van der Waals surface area contributed by atoms with Crippen molar-refractivity contribution >= 4 is 11.8 Å². The molecule has 5 nitrogen and oxygen atoms in total. The lowest BCUT2D eigenvalue weighted by atomic mass is 9.97. The summed E-state index contributed by atoms with van der Waals surface area (Å²) in [6.45, 7) is 4.33. The molecule has 2 atom stereocenters. The summed E-state index contributed by atoms with van der Waals surface area (Å²) in [6, 6.07) is 4.84. The highest BCUT2D eigenvalue weighted by Gasteiger charge is 2.28. The van der Waals surface area contributed by atoms with Crippen molar-refractivity contribution in [3.8, 4) is 0 Å². The Kier molecular flexibility index (Phi) is 5.68. The summed E-state index contributed by atoms with van der Waals surface area (Å²) >= 11 is 0. The second-order valence-corrected chi connectivity index (χ2v) is 7.09. The molecule has 2 fully saturated rings. The number of likely N-dealkylation sites (tertiary alicyclic amines) is 1. The molecule has 3 rings (SSSR count). The Bertz CT molecular complexity index is 644. The van der Waals surface area contributed by atoms with E-state index >= 15 is 0 Å². The number of carbonyl (C=O) groups excluding carboxylic acids is 2. The number of nitrogens with zero attached hydrogens (tertiary/aromatic N) is 1. The van der Waals surface area contributed by atoms with Crippen LogP contribution >= 0.6 is 0 Å². The van der Waals surface area contributed by atoms with E-state index in [1.165, 1.54) is 0 Å². The molecule has 2 N–H and O–H groups in total. The lowest BCUT2D eigenvalue weighted by Crippen LogP contribution is -2.46. The van der Waals surface area contributed by atoms with Crippen LogP contribution in [0.2, 0.25) is 0 Å². The van der Waals surface area contributed by atoms with Crippen molar-refractivity contribution in [3.05, 3.63) is 35.1 Å². The molecule has 0 aliphatic carbocycles. The van der Waals surface area contributed by atoms with E-state index in [9.17, 15) is 14.0 Å². The Balaban J connectivity index is 1.56. The van der Waals surface area contributed by atoms with Gasteiger partial charge < -0.3 is 15.5 Å². The highest BCUT2D eigenvalue weighted by atomic mass is 19.1. The van der Waals surface area contributed by atoms with Crippen molar-refractivity contribution in [1.82, 2.24) is 15.5 Å². The van der Waals surface area contributed by atoms with Crippen molar-refractivity contribution < 1.29 is 14.0 Å². The zero-order valence-electron chi connectivity index (χ0n) is 14.7. The van der Waals surface area contributed by atoms with Gasteiger partial charge in [0.25, 0.3) is 5.91 Å². The molecule has 0 spiro atoms. The normalized spacial score (nSPS) is 23.5. The third kappa shape index (κ3) is 4.18. The van der Waals surface area contributed by atoms with Gasteiger partial charge in [0.2, 0.25) is 5.91 Å². The van der Waals surface area contributed by atoms with Crippen LogP contribution in [0.4, 0.5) is 4.39 Å². The van der Waals surface area contributed by atoms with E-state index in [0.29, 0.717) is 25.2 Å². The van der Waals surface area contributed by atoms with Gasteiger partial charge in [-0.25, -0.2) is 4.39 Å². The van der Waals surface area contributed by atoms with Crippen LogP contribution in [0.15, 0.2) is 18.2 Å². The zero-order valence-corrected chi connectivity index (χ0v) is 14.7. The van der Waals surface area contributed by atoms with Gasteiger partial charge in [-0.2, -0.15) is 0 Å². The molecule has 0 saturated carbocycles. The van der Waals surface area contributed by atoms with Crippen LogP contribution in [0.1, 0.15) is 41.6 Å². The molecule has 2 saturated heterocycles. The van der Waals surface area contributed by atoms with E-state index in [-0.39, 0.29) is 29.3 Å². The summed E-state index contributed by atoms with van der Waals surface area (Å²) in [5.41, 5.74) is 0.621. The fourth-order valence-electron chi connectivity index (χ4n) is 3.68. The molecule has 1 aromatic carbocycles. The van der Waals surface area contributed by atoms with Gasteiger partial charge in [-0.05, 0) is 56.7 Å². The van der Waals surface area contributed by atoms with Gasteiger partial charge in [-0.3, -0.25) is 9.59 Å². The molecule has 0 radical (unpaired) electrons.